The SMILES string of the molecule is Cc1ccccc1C(=O)N1CCC(C(=O)Nc2ccnn2Cc2ccc(Cl)cc2Cl)CC1. The highest BCUT2D eigenvalue weighted by Gasteiger charge is 2.28. The largest absolute Gasteiger partial charge is 0.339 e. The number of rotatable bonds is 5. The van der Waals surface area contributed by atoms with Crippen molar-refractivity contribution in [1.29, 1.82) is 0 Å². The van der Waals surface area contributed by atoms with Gasteiger partial charge >= 0.3 is 0 Å². The quantitative estimate of drug-likeness (QED) is 0.567. The fraction of sp³-hybridized carbons (Fsp3) is 0.292. The molecule has 0 aliphatic carbocycles. The maximum absolute atomic E-state index is 12.9. The van der Waals surface area contributed by atoms with Crippen molar-refractivity contribution in [2.75, 3.05) is 18.4 Å². The molecule has 1 N–H and O–H groups in total. The molecule has 32 heavy (non-hydrogen) atoms. The summed E-state index contributed by atoms with van der Waals surface area (Å²) >= 11 is 12.2. The Morgan fingerprint density at radius 2 is 1.84 bits per heavy atom. The highest BCUT2D eigenvalue weighted by atomic mass is 35.5. The van der Waals surface area contributed by atoms with E-state index < -0.39 is 0 Å². The minimum absolute atomic E-state index is 0.0277. The van der Waals surface area contributed by atoms with Gasteiger partial charge in [-0.25, -0.2) is 4.68 Å². The number of aromatic nitrogens is 2. The molecule has 1 saturated heterocycles. The molecule has 2 amide bonds. The average Bonchev–Trinajstić information content (AvgIpc) is 3.22. The number of anilines is 1. The van der Waals surface area contributed by atoms with Crippen molar-refractivity contribution in [2.24, 2.45) is 5.92 Å². The molecule has 0 atom stereocenters. The fourth-order valence-corrected chi connectivity index (χ4v) is 4.40. The summed E-state index contributed by atoms with van der Waals surface area (Å²) in [5.74, 6) is 0.426. The molecule has 8 heteroatoms. The summed E-state index contributed by atoms with van der Waals surface area (Å²) < 4.78 is 1.70. The van der Waals surface area contributed by atoms with E-state index in [1.807, 2.05) is 42.2 Å². The third kappa shape index (κ3) is 4.97. The number of benzene rings is 2. The zero-order valence-electron chi connectivity index (χ0n) is 17.7. The molecule has 2 aromatic carbocycles. The molecule has 0 bridgehead atoms. The van der Waals surface area contributed by atoms with Gasteiger partial charge in [-0.05, 0) is 49.1 Å². The maximum Gasteiger partial charge on any atom is 0.254 e. The van der Waals surface area contributed by atoms with Crippen molar-refractivity contribution in [2.45, 2.75) is 26.3 Å². The summed E-state index contributed by atoms with van der Waals surface area (Å²) in [6, 6.07) is 14.7. The topological polar surface area (TPSA) is 67.2 Å². The van der Waals surface area contributed by atoms with Crippen molar-refractivity contribution in [1.82, 2.24) is 14.7 Å². The van der Waals surface area contributed by atoms with Crippen LogP contribution in [0.5, 0.6) is 0 Å². The van der Waals surface area contributed by atoms with Crippen LogP contribution in [0, 0.1) is 12.8 Å². The number of aryl methyl sites for hydroxylation is 1. The summed E-state index contributed by atoms with van der Waals surface area (Å²) in [5.41, 5.74) is 2.55. The summed E-state index contributed by atoms with van der Waals surface area (Å²) in [4.78, 5) is 27.5. The molecule has 1 aromatic heterocycles. The second-order valence-electron chi connectivity index (χ2n) is 7.98. The summed E-state index contributed by atoms with van der Waals surface area (Å²) in [6.07, 6.45) is 2.89. The normalized spacial score (nSPS) is 14.4. The van der Waals surface area contributed by atoms with Crippen molar-refractivity contribution < 1.29 is 9.59 Å². The minimum Gasteiger partial charge on any atom is -0.339 e. The van der Waals surface area contributed by atoms with E-state index in [1.165, 1.54) is 0 Å². The Bertz CT molecular complexity index is 1140. The molecule has 0 unspecified atom stereocenters. The predicted molar refractivity (Wildman–Crippen MR) is 126 cm³/mol. The number of amides is 2. The van der Waals surface area contributed by atoms with Gasteiger partial charge in [-0.3, -0.25) is 9.59 Å². The fourth-order valence-electron chi connectivity index (χ4n) is 3.93. The van der Waals surface area contributed by atoms with E-state index in [9.17, 15) is 9.59 Å². The van der Waals surface area contributed by atoms with Crippen LogP contribution in [-0.4, -0.2) is 39.6 Å². The molecule has 1 fully saturated rings. The van der Waals surface area contributed by atoms with Gasteiger partial charge in [0, 0.05) is 40.7 Å². The molecule has 0 radical (unpaired) electrons. The van der Waals surface area contributed by atoms with Crippen LogP contribution < -0.4 is 5.32 Å². The van der Waals surface area contributed by atoms with Crippen molar-refractivity contribution in [3.63, 3.8) is 0 Å². The monoisotopic (exact) mass is 470 g/mol. The molecule has 1 aliphatic rings. The lowest BCUT2D eigenvalue weighted by Gasteiger charge is -2.31. The molecule has 0 spiro atoms. The van der Waals surface area contributed by atoms with Crippen LogP contribution in [0.4, 0.5) is 5.82 Å². The van der Waals surface area contributed by atoms with Crippen LogP contribution in [0.1, 0.15) is 34.3 Å². The van der Waals surface area contributed by atoms with E-state index in [0.717, 1.165) is 16.7 Å². The first-order valence-corrected chi connectivity index (χ1v) is 11.3. The van der Waals surface area contributed by atoms with Crippen LogP contribution in [0.15, 0.2) is 54.7 Å². The Kier molecular flexibility index (Phi) is 6.82. The van der Waals surface area contributed by atoms with E-state index in [-0.39, 0.29) is 17.7 Å². The van der Waals surface area contributed by atoms with Gasteiger partial charge in [0.1, 0.15) is 5.82 Å². The van der Waals surface area contributed by atoms with Gasteiger partial charge in [-0.1, -0.05) is 47.5 Å². The van der Waals surface area contributed by atoms with Crippen molar-refractivity contribution in [3.8, 4) is 0 Å². The number of carbonyl (C=O) groups excluding carboxylic acids is 2. The van der Waals surface area contributed by atoms with Crippen LogP contribution in [-0.2, 0) is 11.3 Å². The van der Waals surface area contributed by atoms with E-state index in [1.54, 1.807) is 29.1 Å². The lowest BCUT2D eigenvalue weighted by Crippen LogP contribution is -2.41. The first-order chi connectivity index (χ1) is 15.4. The van der Waals surface area contributed by atoms with Crippen LogP contribution in [0.3, 0.4) is 0 Å². The molecule has 4 rings (SSSR count). The highest BCUT2D eigenvalue weighted by molar-refractivity contribution is 6.35. The molecular weight excluding hydrogens is 447 g/mol. The minimum atomic E-state index is -0.154. The van der Waals surface area contributed by atoms with Crippen LogP contribution in [0.2, 0.25) is 10.0 Å². The number of nitrogens with zero attached hydrogens (tertiary/aromatic N) is 3. The predicted octanol–water partition coefficient (Wildman–Crippen LogP) is 5.04. The van der Waals surface area contributed by atoms with Crippen molar-refractivity contribution in [3.05, 3.63) is 81.5 Å². The number of nitrogens with one attached hydrogen (secondary N) is 1. The number of halogens is 2. The van der Waals surface area contributed by atoms with Crippen LogP contribution in [0.25, 0.3) is 0 Å². The van der Waals surface area contributed by atoms with E-state index in [2.05, 4.69) is 10.4 Å². The maximum atomic E-state index is 12.9. The highest BCUT2D eigenvalue weighted by Crippen LogP contribution is 2.24. The lowest BCUT2D eigenvalue weighted by atomic mass is 9.95. The molecule has 3 aromatic rings. The van der Waals surface area contributed by atoms with Gasteiger partial charge in [0.15, 0.2) is 0 Å². The van der Waals surface area contributed by atoms with Crippen molar-refractivity contribution >= 4 is 40.8 Å². The second kappa shape index (κ2) is 9.76. The van der Waals surface area contributed by atoms with Crippen LogP contribution >= 0.6 is 23.2 Å². The molecule has 0 saturated carbocycles. The Labute approximate surface area is 197 Å². The van der Waals surface area contributed by atoms with E-state index in [0.29, 0.717) is 48.3 Å². The van der Waals surface area contributed by atoms with Gasteiger partial charge < -0.3 is 10.2 Å². The number of piperidine rings is 1. The standard InChI is InChI=1S/C24H24Cl2N4O2/c1-16-4-2-3-5-20(16)24(32)29-12-9-17(10-13-29)23(31)28-22-8-11-27-30(22)15-18-6-7-19(25)14-21(18)26/h2-8,11,14,17H,9-10,12-13,15H2,1H3,(H,28,31). The Hall–Kier alpha value is -2.83. The molecule has 6 nitrogen and oxygen atoms in total. The first kappa shape index (κ1) is 22.4. The van der Waals surface area contributed by atoms with E-state index in [4.69, 9.17) is 23.2 Å². The number of hydrogen-bond acceptors (Lipinski definition) is 3. The third-order valence-electron chi connectivity index (χ3n) is 5.83. The smallest absolute Gasteiger partial charge is 0.254 e. The zero-order valence-corrected chi connectivity index (χ0v) is 19.2. The van der Waals surface area contributed by atoms with E-state index >= 15 is 0 Å². The van der Waals surface area contributed by atoms with Gasteiger partial charge in [0.05, 0.1) is 12.7 Å². The summed E-state index contributed by atoms with van der Waals surface area (Å²) in [5, 5.41) is 8.41. The van der Waals surface area contributed by atoms with Gasteiger partial charge in [-0.15, -0.1) is 0 Å². The Morgan fingerprint density at radius 3 is 2.56 bits per heavy atom. The zero-order chi connectivity index (χ0) is 22.7. The third-order valence-corrected chi connectivity index (χ3v) is 6.42. The van der Waals surface area contributed by atoms with Gasteiger partial charge in [0.2, 0.25) is 5.91 Å². The van der Waals surface area contributed by atoms with Gasteiger partial charge in [-0.2, -0.15) is 5.10 Å². The Balaban J connectivity index is 1.35. The Morgan fingerprint density at radius 1 is 1.09 bits per heavy atom. The number of carbonyl (C=O) groups is 2. The lowest BCUT2D eigenvalue weighted by molar-refractivity contribution is -0.121. The second-order valence-corrected chi connectivity index (χ2v) is 8.82. The number of hydrogen-bond donors (Lipinski definition) is 1. The first-order valence-electron chi connectivity index (χ1n) is 10.5. The molecule has 1 aliphatic heterocycles. The summed E-state index contributed by atoms with van der Waals surface area (Å²) in [6.45, 7) is 3.48. The molecule has 2 heterocycles. The summed E-state index contributed by atoms with van der Waals surface area (Å²) in [7, 11) is 0. The molecule has 166 valence electrons. The molecular formula is C24H24Cl2N4O2. The van der Waals surface area contributed by atoms with Gasteiger partial charge in [0.25, 0.3) is 5.91 Å². The average molecular weight is 471 g/mol. The number of likely N-dealkylation sites (tertiary alicyclic amines) is 1.